The molecule has 0 aromatic carbocycles. The Kier molecular flexibility index (Phi) is 10.2. The minimum atomic E-state index is -9.00. The predicted molar refractivity (Wildman–Crippen MR) is 100 cm³/mol. The van der Waals surface area contributed by atoms with Gasteiger partial charge >= 0.3 is 70.2 Å². The molecule has 1 aromatic rings. The quantitative estimate of drug-likeness (QED) is 0.198. The van der Waals surface area contributed by atoms with Crippen LogP contribution in [0.4, 0.5) is 114 Å². The van der Waals surface area contributed by atoms with Gasteiger partial charge in [-0.25, -0.2) is 16.8 Å². The minimum Gasteiger partial charge on any atom is -0.217 e. The summed E-state index contributed by atoms with van der Waals surface area (Å²) in [4.78, 5) is -7.73. The number of halogens is 26. The number of hydrogen-bond acceptors (Lipinski definition) is 5. The molecule has 0 spiro atoms. The molecule has 0 amide bonds. The van der Waals surface area contributed by atoms with Crippen LogP contribution >= 0.6 is 11.3 Å². The molecule has 290 valence electrons. The second-order valence-corrected chi connectivity index (χ2v) is 13.4. The first-order valence-electron chi connectivity index (χ1n) is 10.2. The van der Waals surface area contributed by atoms with Crippen molar-refractivity contribution in [3.8, 4) is 0 Å². The average Bonchev–Trinajstić information content (AvgIpc) is 3.38. The SMILES string of the molecule is O=S(=O)(c1cscc1S(=O)(=O)C(F)(F)C(F)(F)C(F)(F)C(F)(F)C(F)(F)C(F)(F)F)C(F)(F)C(F)(F)C(F)(F)C(F)(F)C(F)(F)C(F)(F)F. The van der Waals surface area contributed by atoms with Crippen LogP contribution in [-0.4, -0.2) is 87.1 Å². The first-order valence-corrected chi connectivity index (χ1v) is 14.1. The first-order chi connectivity index (χ1) is 20.7. The molecule has 0 fully saturated rings. The van der Waals surface area contributed by atoms with E-state index >= 15 is 0 Å². The Balaban J connectivity index is 4.07. The molecule has 49 heavy (non-hydrogen) atoms. The van der Waals surface area contributed by atoms with Crippen LogP contribution in [-0.2, 0) is 19.7 Å². The van der Waals surface area contributed by atoms with E-state index in [9.17, 15) is 131 Å². The third kappa shape index (κ3) is 5.37. The number of rotatable bonds is 12. The standard InChI is InChI=1S/C16H2F26O4S3/c17-5(18,9(25,26)13(33,34)35)7(21,22)11(29,30)15(39,40)48(43,44)3-1-47-2-4(3)49(45,46)16(41,42)12(31,32)8(23,24)6(19,20)10(27,28)14(36,37)38/h1-2H. The van der Waals surface area contributed by atoms with E-state index in [-0.39, 0.29) is 0 Å². The highest BCUT2D eigenvalue weighted by atomic mass is 32.2. The van der Waals surface area contributed by atoms with Crippen molar-refractivity contribution >= 4 is 31.0 Å². The van der Waals surface area contributed by atoms with Crippen molar-refractivity contribution in [3.63, 3.8) is 0 Å². The smallest absolute Gasteiger partial charge is 0.217 e. The maximum atomic E-state index is 14.3. The summed E-state index contributed by atoms with van der Waals surface area (Å²) in [6.45, 7) is 0. The van der Waals surface area contributed by atoms with Gasteiger partial charge in [-0.05, 0) is 0 Å². The van der Waals surface area contributed by atoms with Crippen molar-refractivity contribution in [2.45, 2.75) is 80.0 Å². The van der Waals surface area contributed by atoms with Gasteiger partial charge in [0.25, 0.3) is 19.7 Å². The molecule has 0 atom stereocenters. The summed E-state index contributed by atoms with van der Waals surface area (Å²) in [6.07, 6.45) is -16.1. The van der Waals surface area contributed by atoms with Crippen LogP contribution in [0.2, 0.25) is 0 Å². The Hall–Kier alpha value is -2.22. The molecule has 0 radical (unpaired) electrons. The van der Waals surface area contributed by atoms with E-state index in [1.165, 1.54) is 0 Å². The Morgan fingerprint density at radius 2 is 0.510 bits per heavy atom. The zero-order chi connectivity index (χ0) is 40.3. The van der Waals surface area contributed by atoms with Crippen LogP contribution in [0.5, 0.6) is 0 Å². The summed E-state index contributed by atoms with van der Waals surface area (Å²) in [5.41, 5.74) is 0. The van der Waals surface area contributed by atoms with E-state index in [0.717, 1.165) is 0 Å². The van der Waals surface area contributed by atoms with Crippen LogP contribution in [0.15, 0.2) is 20.6 Å². The second-order valence-electron chi connectivity index (χ2n) is 8.73. The van der Waals surface area contributed by atoms with Gasteiger partial charge in [-0.3, -0.25) is 0 Å². The maximum absolute atomic E-state index is 14.3. The number of sulfone groups is 2. The van der Waals surface area contributed by atoms with E-state index in [1.807, 2.05) is 0 Å². The average molecular weight is 848 g/mol. The Morgan fingerprint density at radius 1 is 0.327 bits per heavy atom. The highest BCUT2D eigenvalue weighted by Gasteiger charge is 2.94. The van der Waals surface area contributed by atoms with Gasteiger partial charge in [0.1, 0.15) is 9.79 Å². The summed E-state index contributed by atoms with van der Waals surface area (Å²) >= 11 is -1.21. The van der Waals surface area contributed by atoms with E-state index < -0.39 is 122 Å². The van der Waals surface area contributed by atoms with Gasteiger partial charge < -0.3 is 0 Å². The van der Waals surface area contributed by atoms with E-state index in [4.69, 9.17) is 0 Å². The molecule has 0 aliphatic carbocycles. The van der Waals surface area contributed by atoms with E-state index in [1.54, 1.807) is 0 Å². The molecule has 33 heteroatoms. The first kappa shape index (κ1) is 44.8. The Bertz CT molecular complexity index is 1510. The molecule has 0 bridgehead atoms. The lowest BCUT2D eigenvalue weighted by Crippen LogP contribution is -2.71. The number of hydrogen-bond donors (Lipinski definition) is 0. The third-order valence-electron chi connectivity index (χ3n) is 5.66. The molecule has 0 saturated carbocycles. The largest absolute Gasteiger partial charge is 0.460 e. The molecule has 0 aliphatic heterocycles. The minimum absolute atomic E-state index is 1.20. The lowest BCUT2D eigenvalue weighted by Gasteiger charge is -2.39. The summed E-state index contributed by atoms with van der Waals surface area (Å²) in [7, 11) is -17.6. The Labute approximate surface area is 253 Å². The normalized spacial score (nSPS) is 16.7. The summed E-state index contributed by atoms with van der Waals surface area (Å²) in [5, 5.41) is -19.4. The van der Waals surface area contributed by atoms with Crippen molar-refractivity contribution < 1.29 is 131 Å². The molecule has 0 saturated heterocycles. The van der Waals surface area contributed by atoms with Crippen LogP contribution in [0.3, 0.4) is 0 Å². The molecule has 0 unspecified atom stereocenters. The monoisotopic (exact) mass is 848 g/mol. The molecule has 0 N–H and O–H groups in total. The Morgan fingerprint density at radius 3 is 0.694 bits per heavy atom. The highest BCUT2D eigenvalue weighted by Crippen LogP contribution is 2.64. The zero-order valence-electron chi connectivity index (χ0n) is 20.8. The van der Waals surface area contributed by atoms with Gasteiger partial charge in [0, 0.05) is 10.8 Å². The van der Waals surface area contributed by atoms with Gasteiger partial charge in [-0.1, -0.05) is 0 Å². The second kappa shape index (κ2) is 11.1. The van der Waals surface area contributed by atoms with Crippen LogP contribution in [0.1, 0.15) is 0 Å². The zero-order valence-corrected chi connectivity index (χ0v) is 23.3. The topological polar surface area (TPSA) is 68.3 Å². The molecule has 1 rings (SSSR count). The fourth-order valence-electron chi connectivity index (χ4n) is 2.79. The number of thiophene rings is 1. The lowest BCUT2D eigenvalue weighted by atomic mass is 9.98. The molecular formula is C16H2F26O4S3. The van der Waals surface area contributed by atoms with Crippen molar-refractivity contribution in [1.82, 2.24) is 0 Å². The maximum Gasteiger partial charge on any atom is 0.460 e. The summed E-state index contributed by atoms with van der Waals surface area (Å²) in [6, 6.07) is 0. The van der Waals surface area contributed by atoms with Gasteiger partial charge in [0.05, 0.1) is 0 Å². The molecule has 1 aromatic heterocycles. The van der Waals surface area contributed by atoms with Crippen LogP contribution in [0.25, 0.3) is 0 Å². The summed E-state index contributed by atoms with van der Waals surface area (Å²) in [5.74, 6) is -70.6. The van der Waals surface area contributed by atoms with Gasteiger partial charge in [0.2, 0.25) is 0 Å². The van der Waals surface area contributed by atoms with Crippen molar-refractivity contribution in [2.24, 2.45) is 0 Å². The van der Waals surface area contributed by atoms with E-state index in [0.29, 0.717) is 0 Å². The molecular weight excluding hydrogens is 846 g/mol. The van der Waals surface area contributed by atoms with E-state index in [2.05, 4.69) is 0 Å². The molecule has 4 nitrogen and oxygen atoms in total. The molecule has 1 heterocycles. The molecule has 0 aliphatic rings. The van der Waals surface area contributed by atoms with Crippen LogP contribution < -0.4 is 0 Å². The van der Waals surface area contributed by atoms with Gasteiger partial charge in [0.15, 0.2) is 0 Å². The summed E-state index contributed by atoms with van der Waals surface area (Å²) < 4.78 is 395. The van der Waals surface area contributed by atoms with Gasteiger partial charge in [-0.15, -0.1) is 11.3 Å². The fourth-order valence-corrected chi connectivity index (χ4v) is 7.64. The van der Waals surface area contributed by atoms with Crippen molar-refractivity contribution in [1.29, 1.82) is 0 Å². The number of alkyl halides is 26. The fraction of sp³-hybridized carbons (Fsp3) is 0.750. The predicted octanol–water partition coefficient (Wildman–Crippen LogP) is 8.69. The highest BCUT2D eigenvalue weighted by molar-refractivity contribution is 7.95. The van der Waals surface area contributed by atoms with Crippen LogP contribution in [0, 0.1) is 0 Å². The van der Waals surface area contributed by atoms with Crippen molar-refractivity contribution in [3.05, 3.63) is 10.8 Å². The van der Waals surface area contributed by atoms with Gasteiger partial charge in [-0.2, -0.15) is 114 Å². The lowest BCUT2D eigenvalue weighted by molar-refractivity contribution is -0.433. The third-order valence-corrected chi connectivity index (χ3v) is 10.5. The van der Waals surface area contributed by atoms with Crippen molar-refractivity contribution in [2.75, 3.05) is 0 Å².